The average Bonchev–Trinajstić information content (AvgIpc) is 2.82. The van der Waals surface area contributed by atoms with E-state index in [2.05, 4.69) is 23.9 Å². The Labute approximate surface area is 93.6 Å². The fraction of sp³-hybridized carbons (Fsp3) is 1.00. The summed E-state index contributed by atoms with van der Waals surface area (Å²) >= 11 is 0. The average molecular weight is 211 g/mol. The number of likely N-dealkylation sites (tertiary alicyclic amines) is 1. The van der Waals surface area contributed by atoms with Crippen molar-refractivity contribution in [3.63, 3.8) is 0 Å². The van der Waals surface area contributed by atoms with Gasteiger partial charge in [-0.2, -0.15) is 0 Å². The highest BCUT2D eigenvalue weighted by molar-refractivity contribution is 5.00. The van der Waals surface area contributed by atoms with Gasteiger partial charge in [0.15, 0.2) is 0 Å². The van der Waals surface area contributed by atoms with E-state index in [0.717, 1.165) is 12.5 Å². The summed E-state index contributed by atoms with van der Waals surface area (Å²) in [7, 11) is 4.46. The number of likely N-dealkylation sites (N-methyl/N-ethyl adjacent to an activating group) is 1. The summed E-state index contributed by atoms with van der Waals surface area (Å²) in [5.74, 6) is 0.857. The highest BCUT2D eigenvalue weighted by Gasteiger charge is 2.39. The third kappa shape index (κ3) is 3.44. The Kier molecular flexibility index (Phi) is 3.33. The highest BCUT2D eigenvalue weighted by Crippen LogP contribution is 2.32. The molecule has 3 nitrogen and oxygen atoms in total. The summed E-state index contributed by atoms with van der Waals surface area (Å²) in [4.78, 5) is 4.90. The lowest BCUT2D eigenvalue weighted by Crippen LogP contribution is -2.42. The third-order valence-electron chi connectivity index (χ3n) is 3.77. The first-order valence-electron chi connectivity index (χ1n) is 6.23. The number of hydrogen-bond acceptors (Lipinski definition) is 3. The van der Waals surface area contributed by atoms with Crippen LogP contribution < -0.4 is 5.73 Å². The molecule has 88 valence electrons. The van der Waals surface area contributed by atoms with Crippen LogP contribution in [0.3, 0.4) is 0 Å². The summed E-state index contributed by atoms with van der Waals surface area (Å²) in [6, 6.07) is 0. The molecule has 1 unspecified atom stereocenters. The van der Waals surface area contributed by atoms with Gasteiger partial charge >= 0.3 is 0 Å². The fourth-order valence-corrected chi connectivity index (χ4v) is 2.78. The molecule has 0 radical (unpaired) electrons. The van der Waals surface area contributed by atoms with E-state index in [4.69, 9.17) is 5.73 Å². The van der Waals surface area contributed by atoms with Crippen LogP contribution in [0.4, 0.5) is 0 Å². The van der Waals surface area contributed by atoms with Gasteiger partial charge in [0.1, 0.15) is 0 Å². The van der Waals surface area contributed by atoms with Crippen molar-refractivity contribution in [2.45, 2.75) is 31.2 Å². The van der Waals surface area contributed by atoms with E-state index >= 15 is 0 Å². The van der Waals surface area contributed by atoms with E-state index < -0.39 is 0 Å². The number of rotatable bonds is 4. The summed E-state index contributed by atoms with van der Waals surface area (Å²) in [5.41, 5.74) is 6.30. The van der Waals surface area contributed by atoms with Gasteiger partial charge in [-0.25, -0.2) is 0 Å². The van der Waals surface area contributed by atoms with Crippen LogP contribution in [0.1, 0.15) is 25.7 Å². The van der Waals surface area contributed by atoms with Crippen molar-refractivity contribution in [3.8, 4) is 0 Å². The van der Waals surface area contributed by atoms with Gasteiger partial charge in [-0.05, 0) is 52.2 Å². The topological polar surface area (TPSA) is 32.5 Å². The molecule has 0 aromatic rings. The van der Waals surface area contributed by atoms with E-state index in [1.807, 2.05) is 0 Å². The van der Waals surface area contributed by atoms with Crippen LogP contribution in [0.2, 0.25) is 0 Å². The predicted octanol–water partition coefficient (Wildman–Crippen LogP) is 0.751. The second-order valence-electron chi connectivity index (χ2n) is 5.83. The molecule has 2 rings (SSSR count). The third-order valence-corrected chi connectivity index (χ3v) is 3.77. The van der Waals surface area contributed by atoms with Crippen molar-refractivity contribution in [2.75, 3.05) is 40.3 Å². The zero-order chi connectivity index (χ0) is 10.9. The maximum absolute atomic E-state index is 6.13. The number of nitrogens with two attached hydrogens (primary N) is 1. The number of piperidine rings is 1. The molecule has 0 aromatic heterocycles. The van der Waals surface area contributed by atoms with Gasteiger partial charge in [0.25, 0.3) is 0 Å². The molecule has 1 atom stereocenters. The Morgan fingerprint density at radius 2 is 2.20 bits per heavy atom. The Morgan fingerprint density at radius 3 is 2.80 bits per heavy atom. The van der Waals surface area contributed by atoms with Crippen LogP contribution in [0.15, 0.2) is 0 Å². The molecular weight excluding hydrogens is 186 g/mol. The van der Waals surface area contributed by atoms with E-state index in [1.165, 1.54) is 45.3 Å². The molecule has 0 bridgehead atoms. The molecule has 2 N–H and O–H groups in total. The minimum atomic E-state index is 0.176. The largest absolute Gasteiger partial charge is 0.324 e. The van der Waals surface area contributed by atoms with Crippen LogP contribution in [-0.4, -0.2) is 55.6 Å². The second kappa shape index (κ2) is 4.40. The molecule has 2 aliphatic rings. The molecule has 15 heavy (non-hydrogen) atoms. The van der Waals surface area contributed by atoms with Crippen LogP contribution in [0.25, 0.3) is 0 Å². The highest BCUT2D eigenvalue weighted by atomic mass is 15.2. The minimum Gasteiger partial charge on any atom is -0.324 e. The number of hydrogen-bond donors (Lipinski definition) is 1. The van der Waals surface area contributed by atoms with Crippen LogP contribution >= 0.6 is 0 Å². The molecule has 1 heterocycles. The van der Waals surface area contributed by atoms with Gasteiger partial charge in [-0.15, -0.1) is 0 Å². The minimum absolute atomic E-state index is 0.176. The van der Waals surface area contributed by atoms with Crippen molar-refractivity contribution in [2.24, 2.45) is 11.7 Å². The lowest BCUT2D eigenvalue weighted by atomic mass is 9.98. The van der Waals surface area contributed by atoms with Crippen molar-refractivity contribution >= 4 is 0 Å². The lowest BCUT2D eigenvalue weighted by molar-refractivity contribution is 0.161. The van der Waals surface area contributed by atoms with E-state index in [1.54, 1.807) is 0 Å². The van der Waals surface area contributed by atoms with E-state index in [0.29, 0.717) is 0 Å². The molecule has 1 saturated heterocycles. The van der Waals surface area contributed by atoms with Gasteiger partial charge < -0.3 is 15.5 Å². The fourth-order valence-electron chi connectivity index (χ4n) is 2.78. The smallest absolute Gasteiger partial charge is 0.0284 e. The van der Waals surface area contributed by atoms with Gasteiger partial charge in [-0.3, -0.25) is 0 Å². The van der Waals surface area contributed by atoms with E-state index in [9.17, 15) is 0 Å². The summed E-state index contributed by atoms with van der Waals surface area (Å²) in [6.45, 7) is 4.86. The summed E-state index contributed by atoms with van der Waals surface area (Å²) < 4.78 is 0. The first-order valence-corrected chi connectivity index (χ1v) is 6.23. The molecule has 2 fully saturated rings. The van der Waals surface area contributed by atoms with Gasteiger partial charge in [-0.1, -0.05) is 0 Å². The first-order chi connectivity index (χ1) is 7.07. The second-order valence-corrected chi connectivity index (χ2v) is 5.83. The van der Waals surface area contributed by atoms with Gasteiger partial charge in [0.05, 0.1) is 0 Å². The molecular formula is C12H25N3. The van der Waals surface area contributed by atoms with Crippen LogP contribution in [0.5, 0.6) is 0 Å². The molecule has 1 aliphatic heterocycles. The Hall–Kier alpha value is -0.120. The quantitative estimate of drug-likeness (QED) is 0.745. The zero-order valence-electron chi connectivity index (χ0n) is 10.2. The summed E-state index contributed by atoms with van der Waals surface area (Å²) in [6.07, 6.45) is 5.21. The monoisotopic (exact) mass is 211 g/mol. The lowest BCUT2D eigenvalue weighted by Gasteiger charge is -2.33. The predicted molar refractivity (Wildman–Crippen MR) is 63.9 cm³/mol. The molecule has 0 amide bonds. The van der Waals surface area contributed by atoms with Crippen molar-refractivity contribution < 1.29 is 0 Å². The Balaban J connectivity index is 1.70. The standard InChI is InChI=1S/C12H25N3/c1-14-7-3-4-11(8-14)9-15(2)10-12(13)5-6-12/h11H,3-10,13H2,1-2H3. The maximum atomic E-state index is 6.13. The first kappa shape index (κ1) is 11.4. The Bertz CT molecular complexity index is 213. The normalized spacial score (nSPS) is 30.8. The van der Waals surface area contributed by atoms with Gasteiger partial charge in [0, 0.05) is 25.2 Å². The van der Waals surface area contributed by atoms with E-state index in [-0.39, 0.29) is 5.54 Å². The molecule has 0 aromatic carbocycles. The van der Waals surface area contributed by atoms with Crippen molar-refractivity contribution in [1.29, 1.82) is 0 Å². The van der Waals surface area contributed by atoms with Crippen molar-refractivity contribution in [1.82, 2.24) is 9.80 Å². The zero-order valence-corrected chi connectivity index (χ0v) is 10.2. The number of nitrogens with zero attached hydrogens (tertiary/aromatic N) is 2. The van der Waals surface area contributed by atoms with Crippen LogP contribution in [-0.2, 0) is 0 Å². The van der Waals surface area contributed by atoms with Gasteiger partial charge in [0.2, 0.25) is 0 Å². The maximum Gasteiger partial charge on any atom is 0.0284 e. The molecule has 0 spiro atoms. The molecule has 3 heteroatoms. The SMILES string of the molecule is CN1CCCC(CN(C)CC2(N)CC2)C1. The van der Waals surface area contributed by atoms with Crippen molar-refractivity contribution in [3.05, 3.63) is 0 Å². The Morgan fingerprint density at radius 1 is 1.47 bits per heavy atom. The van der Waals surface area contributed by atoms with Crippen LogP contribution in [0, 0.1) is 5.92 Å². The summed E-state index contributed by atoms with van der Waals surface area (Å²) in [5, 5.41) is 0. The molecule has 1 aliphatic carbocycles. The molecule has 1 saturated carbocycles.